The Morgan fingerprint density at radius 1 is 1.12 bits per heavy atom. The molecule has 2 aromatic rings. The molecular weight excluding hydrogens is 320 g/mol. The Labute approximate surface area is 144 Å². The Bertz CT molecular complexity index is 861. The van der Waals surface area contributed by atoms with E-state index in [4.69, 9.17) is 20.0 Å². The number of nitriles is 2. The number of methoxy groups -OCH3 is 1. The maximum atomic E-state index is 11.6. The number of benzene rings is 2. The highest BCUT2D eigenvalue weighted by Gasteiger charge is 2.23. The zero-order chi connectivity index (χ0) is 18.2. The fourth-order valence-electron chi connectivity index (χ4n) is 2.15. The minimum Gasteiger partial charge on any atom is -0.493 e. The Morgan fingerprint density at radius 3 is 2.36 bits per heavy atom. The van der Waals surface area contributed by atoms with Gasteiger partial charge in [-0.2, -0.15) is 10.5 Å². The van der Waals surface area contributed by atoms with Gasteiger partial charge in [0.2, 0.25) is 6.10 Å². The van der Waals surface area contributed by atoms with Crippen molar-refractivity contribution in [2.24, 2.45) is 0 Å². The lowest BCUT2D eigenvalue weighted by molar-refractivity contribution is -0.145. The van der Waals surface area contributed by atoms with Crippen molar-refractivity contribution in [3.63, 3.8) is 0 Å². The van der Waals surface area contributed by atoms with Crippen molar-refractivity contribution >= 4 is 12.0 Å². The highest BCUT2D eigenvalue weighted by Crippen LogP contribution is 2.33. The van der Waals surface area contributed by atoms with E-state index < -0.39 is 12.1 Å². The number of allylic oxidation sites excluding steroid dienone is 1. The van der Waals surface area contributed by atoms with Crippen molar-refractivity contribution in [1.29, 1.82) is 10.5 Å². The van der Waals surface area contributed by atoms with Gasteiger partial charge in [0.1, 0.15) is 17.7 Å². The number of carboxylic acid groups (broad SMARTS) is 1. The minimum absolute atomic E-state index is 0.0750. The van der Waals surface area contributed by atoms with Crippen LogP contribution in [0.3, 0.4) is 0 Å². The van der Waals surface area contributed by atoms with Crippen LogP contribution in [-0.2, 0) is 4.79 Å². The quantitative estimate of drug-likeness (QED) is 0.813. The zero-order valence-electron chi connectivity index (χ0n) is 13.3. The standard InChI is InChI=1S/C19H14N2O4/c1-24-16-8-7-13(9-14(11-20)12-21)10-17(16)25-18(19(22)23)15-5-3-2-4-6-15/h2-10,18H,1H3,(H,22,23). The normalized spacial score (nSPS) is 10.7. The van der Waals surface area contributed by atoms with Gasteiger partial charge in [0.05, 0.1) is 7.11 Å². The Kier molecular flexibility index (Phi) is 5.76. The van der Waals surface area contributed by atoms with Crippen LogP contribution in [-0.4, -0.2) is 18.2 Å². The molecule has 25 heavy (non-hydrogen) atoms. The van der Waals surface area contributed by atoms with Crippen molar-refractivity contribution in [2.75, 3.05) is 7.11 Å². The molecule has 0 fully saturated rings. The lowest BCUT2D eigenvalue weighted by Gasteiger charge is -2.18. The van der Waals surface area contributed by atoms with Crippen molar-refractivity contribution in [3.05, 3.63) is 65.2 Å². The van der Waals surface area contributed by atoms with E-state index in [1.165, 1.54) is 19.3 Å². The molecule has 0 saturated heterocycles. The molecule has 0 aliphatic heterocycles. The summed E-state index contributed by atoms with van der Waals surface area (Å²) >= 11 is 0. The molecule has 0 aromatic heterocycles. The third-order valence-corrected chi connectivity index (χ3v) is 3.31. The topological polar surface area (TPSA) is 103 Å². The molecule has 6 nitrogen and oxygen atoms in total. The van der Waals surface area contributed by atoms with Crippen LogP contribution < -0.4 is 9.47 Å². The summed E-state index contributed by atoms with van der Waals surface area (Å²) in [6.45, 7) is 0. The van der Waals surface area contributed by atoms with Gasteiger partial charge < -0.3 is 14.6 Å². The molecule has 0 radical (unpaired) electrons. The van der Waals surface area contributed by atoms with Crippen LogP contribution in [0.4, 0.5) is 0 Å². The van der Waals surface area contributed by atoms with E-state index in [0.717, 1.165) is 0 Å². The fraction of sp³-hybridized carbons (Fsp3) is 0.105. The van der Waals surface area contributed by atoms with Gasteiger partial charge in [-0.15, -0.1) is 0 Å². The summed E-state index contributed by atoms with van der Waals surface area (Å²) in [4.78, 5) is 11.6. The summed E-state index contributed by atoms with van der Waals surface area (Å²) in [6, 6.07) is 16.8. The van der Waals surface area contributed by atoms with E-state index in [0.29, 0.717) is 16.9 Å². The number of ether oxygens (including phenoxy) is 2. The van der Waals surface area contributed by atoms with Crippen LogP contribution in [0, 0.1) is 22.7 Å². The second-order valence-electron chi connectivity index (χ2n) is 4.94. The first kappa shape index (κ1) is 17.6. The maximum absolute atomic E-state index is 11.6. The maximum Gasteiger partial charge on any atom is 0.349 e. The summed E-state index contributed by atoms with van der Waals surface area (Å²) in [6.07, 6.45) is 0.158. The van der Waals surface area contributed by atoms with Crippen molar-refractivity contribution in [3.8, 4) is 23.6 Å². The van der Waals surface area contributed by atoms with Gasteiger partial charge in [-0.25, -0.2) is 4.79 Å². The first-order valence-corrected chi connectivity index (χ1v) is 7.23. The lowest BCUT2D eigenvalue weighted by atomic mass is 10.1. The molecule has 0 bridgehead atoms. The van der Waals surface area contributed by atoms with Gasteiger partial charge in [-0.3, -0.25) is 0 Å². The Hall–Kier alpha value is -3.77. The van der Waals surface area contributed by atoms with E-state index >= 15 is 0 Å². The molecule has 0 aliphatic carbocycles. The van der Waals surface area contributed by atoms with Gasteiger partial charge in [0.25, 0.3) is 0 Å². The molecule has 1 unspecified atom stereocenters. The van der Waals surface area contributed by atoms with Crippen LogP contribution in [0.15, 0.2) is 54.1 Å². The third-order valence-electron chi connectivity index (χ3n) is 3.31. The molecule has 1 N–H and O–H groups in total. The lowest BCUT2D eigenvalue weighted by Crippen LogP contribution is -2.18. The van der Waals surface area contributed by atoms with Gasteiger partial charge in [0, 0.05) is 5.56 Å². The summed E-state index contributed by atoms with van der Waals surface area (Å²) in [5.74, 6) is -0.610. The van der Waals surface area contributed by atoms with E-state index in [1.54, 1.807) is 54.6 Å². The molecule has 0 saturated carbocycles. The van der Waals surface area contributed by atoms with Gasteiger partial charge in [-0.1, -0.05) is 36.4 Å². The van der Waals surface area contributed by atoms with Crippen LogP contribution in [0.2, 0.25) is 0 Å². The number of nitrogens with zero attached hydrogens (tertiary/aromatic N) is 2. The summed E-state index contributed by atoms with van der Waals surface area (Å²) < 4.78 is 10.9. The van der Waals surface area contributed by atoms with E-state index in [1.807, 2.05) is 0 Å². The molecule has 0 amide bonds. The molecule has 2 rings (SSSR count). The molecule has 0 aliphatic rings. The summed E-state index contributed by atoms with van der Waals surface area (Å²) in [7, 11) is 1.44. The van der Waals surface area contributed by atoms with E-state index in [-0.39, 0.29) is 11.3 Å². The average Bonchev–Trinajstić information content (AvgIpc) is 2.64. The first-order chi connectivity index (χ1) is 12.1. The smallest absolute Gasteiger partial charge is 0.349 e. The molecule has 2 aromatic carbocycles. The van der Waals surface area contributed by atoms with Crippen LogP contribution in [0.1, 0.15) is 17.2 Å². The molecule has 6 heteroatoms. The monoisotopic (exact) mass is 334 g/mol. The predicted molar refractivity (Wildman–Crippen MR) is 89.6 cm³/mol. The average molecular weight is 334 g/mol. The van der Waals surface area contributed by atoms with Crippen molar-refractivity contribution in [1.82, 2.24) is 0 Å². The number of hydrogen-bond acceptors (Lipinski definition) is 5. The van der Waals surface area contributed by atoms with Crippen LogP contribution in [0.5, 0.6) is 11.5 Å². The highest BCUT2D eigenvalue weighted by molar-refractivity contribution is 5.75. The fourth-order valence-corrected chi connectivity index (χ4v) is 2.15. The highest BCUT2D eigenvalue weighted by atomic mass is 16.5. The molecule has 0 spiro atoms. The summed E-state index contributed by atoms with van der Waals surface area (Å²) in [5.41, 5.74) is 0.924. The Balaban J connectivity index is 2.43. The van der Waals surface area contributed by atoms with Crippen molar-refractivity contribution in [2.45, 2.75) is 6.10 Å². The SMILES string of the molecule is COc1ccc(C=C(C#N)C#N)cc1OC(C(=O)O)c1ccccc1. The predicted octanol–water partition coefficient (Wildman–Crippen LogP) is 3.33. The number of carbonyl (C=O) groups is 1. The number of hydrogen-bond donors (Lipinski definition) is 1. The van der Waals surface area contributed by atoms with E-state index in [9.17, 15) is 9.90 Å². The first-order valence-electron chi connectivity index (χ1n) is 7.23. The van der Waals surface area contributed by atoms with Gasteiger partial charge >= 0.3 is 5.97 Å². The molecule has 0 heterocycles. The number of rotatable bonds is 6. The number of aliphatic carboxylic acids is 1. The Morgan fingerprint density at radius 2 is 1.80 bits per heavy atom. The van der Waals surface area contributed by atoms with Gasteiger partial charge in [-0.05, 0) is 23.8 Å². The van der Waals surface area contributed by atoms with Crippen LogP contribution in [0.25, 0.3) is 6.08 Å². The van der Waals surface area contributed by atoms with Crippen LogP contribution >= 0.6 is 0 Å². The zero-order valence-corrected chi connectivity index (χ0v) is 13.3. The van der Waals surface area contributed by atoms with Gasteiger partial charge in [0.15, 0.2) is 11.5 Å². The second kappa shape index (κ2) is 8.19. The van der Waals surface area contributed by atoms with Crippen molar-refractivity contribution < 1.29 is 19.4 Å². The third kappa shape index (κ3) is 4.37. The molecule has 1 atom stereocenters. The number of carboxylic acids is 1. The largest absolute Gasteiger partial charge is 0.493 e. The minimum atomic E-state index is -1.22. The summed E-state index contributed by atoms with van der Waals surface area (Å²) in [5, 5.41) is 27.2. The second-order valence-corrected chi connectivity index (χ2v) is 4.94. The van der Waals surface area contributed by atoms with E-state index in [2.05, 4.69) is 0 Å². The molecule has 124 valence electrons. The molecular formula is C19H14N2O4.